The van der Waals surface area contributed by atoms with Crippen LogP contribution in [0.15, 0.2) is 78.2 Å². The topological polar surface area (TPSA) is 84.9 Å². The van der Waals surface area contributed by atoms with Gasteiger partial charge in [-0.05, 0) is 85.6 Å². The van der Waals surface area contributed by atoms with Crippen LogP contribution in [0.3, 0.4) is 0 Å². The summed E-state index contributed by atoms with van der Waals surface area (Å²) in [6.07, 6.45) is 3.88. The number of aryl methyl sites for hydroxylation is 1. The summed E-state index contributed by atoms with van der Waals surface area (Å²) in [5.41, 5.74) is 4.07. The van der Waals surface area contributed by atoms with E-state index in [9.17, 15) is 14.4 Å². The summed E-state index contributed by atoms with van der Waals surface area (Å²) in [7, 11) is 0. The molecule has 7 nitrogen and oxygen atoms in total. The summed E-state index contributed by atoms with van der Waals surface area (Å²) < 4.78 is 12.1. The number of hydrogen-bond acceptors (Lipinski definition) is 6. The van der Waals surface area contributed by atoms with Gasteiger partial charge in [0.05, 0.1) is 11.5 Å². The number of hydrogen-bond donors (Lipinski definition) is 1. The van der Waals surface area contributed by atoms with Crippen LogP contribution in [0.1, 0.15) is 29.2 Å². The van der Waals surface area contributed by atoms with E-state index in [0.29, 0.717) is 47.4 Å². The van der Waals surface area contributed by atoms with Crippen LogP contribution in [-0.4, -0.2) is 35.1 Å². The Morgan fingerprint density at radius 2 is 1.80 bits per heavy atom. The molecular formula is C31H29ClN2O5S. The third kappa shape index (κ3) is 7.34. The van der Waals surface area contributed by atoms with Gasteiger partial charge < -0.3 is 14.8 Å². The van der Waals surface area contributed by atoms with E-state index in [-0.39, 0.29) is 11.4 Å². The van der Waals surface area contributed by atoms with Crippen LogP contribution >= 0.6 is 23.4 Å². The van der Waals surface area contributed by atoms with Crippen molar-refractivity contribution >= 4 is 52.2 Å². The van der Waals surface area contributed by atoms with Crippen LogP contribution in [0.5, 0.6) is 11.5 Å². The Morgan fingerprint density at radius 1 is 1.07 bits per heavy atom. The van der Waals surface area contributed by atoms with Gasteiger partial charge in [0, 0.05) is 16.3 Å². The van der Waals surface area contributed by atoms with Gasteiger partial charge >= 0.3 is 0 Å². The molecule has 0 spiro atoms. The highest BCUT2D eigenvalue weighted by Gasteiger charge is 2.36. The fraction of sp³-hybridized carbons (Fsp3) is 0.194. The third-order valence-corrected chi connectivity index (χ3v) is 7.08. The highest BCUT2D eigenvalue weighted by Crippen LogP contribution is 2.38. The van der Waals surface area contributed by atoms with Crippen LogP contribution in [0.25, 0.3) is 6.08 Å². The Kier molecular flexibility index (Phi) is 9.69. The first-order valence-corrected chi connectivity index (χ1v) is 13.9. The molecule has 0 radical (unpaired) electrons. The first-order chi connectivity index (χ1) is 19.3. The van der Waals surface area contributed by atoms with E-state index >= 15 is 0 Å². The molecule has 1 saturated heterocycles. The molecule has 0 bridgehead atoms. The largest absolute Gasteiger partial charge is 0.490 e. The van der Waals surface area contributed by atoms with E-state index in [1.165, 1.54) is 0 Å². The summed E-state index contributed by atoms with van der Waals surface area (Å²) >= 11 is 6.79. The van der Waals surface area contributed by atoms with Gasteiger partial charge in [0.1, 0.15) is 13.2 Å². The molecular weight excluding hydrogens is 548 g/mol. The van der Waals surface area contributed by atoms with E-state index in [2.05, 4.69) is 11.9 Å². The number of allylic oxidation sites excluding steroid dienone is 1. The maximum Gasteiger partial charge on any atom is 0.294 e. The van der Waals surface area contributed by atoms with Gasteiger partial charge in [0.15, 0.2) is 11.5 Å². The molecule has 1 N–H and O–H groups in total. The normalized spacial score (nSPS) is 14.0. The van der Waals surface area contributed by atoms with Gasteiger partial charge in [-0.3, -0.25) is 19.3 Å². The molecule has 9 heteroatoms. The molecule has 40 heavy (non-hydrogen) atoms. The molecule has 3 aromatic carbocycles. The average Bonchev–Trinajstić information content (AvgIpc) is 3.18. The molecule has 0 atom stereocenters. The van der Waals surface area contributed by atoms with Gasteiger partial charge in [-0.2, -0.15) is 0 Å². The molecule has 4 rings (SSSR count). The van der Waals surface area contributed by atoms with Crippen LogP contribution in [0, 0.1) is 6.92 Å². The number of rotatable bonds is 11. The van der Waals surface area contributed by atoms with Crippen molar-refractivity contribution in [2.45, 2.75) is 26.9 Å². The number of imide groups is 1. The monoisotopic (exact) mass is 576 g/mol. The first kappa shape index (κ1) is 29.0. The first-order valence-electron chi connectivity index (χ1n) is 12.7. The van der Waals surface area contributed by atoms with Gasteiger partial charge in [-0.1, -0.05) is 47.5 Å². The highest BCUT2D eigenvalue weighted by atomic mass is 35.5. The van der Waals surface area contributed by atoms with E-state index in [4.69, 9.17) is 21.1 Å². The Labute approximate surface area is 242 Å². The van der Waals surface area contributed by atoms with Crippen molar-refractivity contribution < 1.29 is 23.9 Å². The summed E-state index contributed by atoms with van der Waals surface area (Å²) in [5.74, 6) is 0.107. The molecule has 3 amide bonds. The fourth-order valence-electron chi connectivity index (χ4n) is 4.01. The second-order valence-corrected chi connectivity index (χ2v) is 10.5. The minimum absolute atomic E-state index is 0.218. The van der Waals surface area contributed by atoms with Crippen molar-refractivity contribution in [3.05, 3.63) is 106 Å². The van der Waals surface area contributed by atoms with Crippen LogP contribution in [0.4, 0.5) is 10.5 Å². The Bertz CT molecular complexity index is 1450. The SMILES string of the molecule is C=CCc1cc(/C=C2\SC(=O)N(CC(=O)Nc3ccc(C)cc3)C2=O)cc(OCC)c1OCc1ccc(Cl)cc1. The number of thioether (sulfide) groups is 1. The quantitative estimate of drug-likeness (QED) is 0.195. The molecule has 1 aliphatic heterocycles. The zero-order valence-corrected chi connectivity index (χ0v) is 23.8. The lowest BCUT2D eigenvalue weighted by Gasteiger charge is -2.17. The van der Waals surface area contributed by atoms with Crippen molar-refractivity contribution in [1.29, 1.82) is 0 Å². The number of nitrogens with one attached hydrogen (secondary N) is 1. The Morgan fingerprint density at radius 3 is 2.48 bits per heavy atom. The zero-order valence-electron chi connectivity index (χ0n) is 22.2. The summed E-state index contributed by atoms with van der Waals surface area (Å²) in [5, 5.41) is 2.86. The van der Waals surface area contributed by atoms with E-state index in [1.807, 2.05) is 44.2 Å². The van der Waals surface area contributed by atoms with Crippen molar-refractivity contribution in [1.82, 2.24) is 4.90 Å². The number of carbonyl (C=O) groups excluding carboxylic acids is 3. The number of nitrogens with zero attached hydrogens (tertiary/aromatic N) is 1. The minimum atomic E-state index is -0.527. The zero-order chi connectivity index (χ0) is 28.6. The van der Waals surface area contributed by atoms with E-state index in [1.54, 1.807) is 42.5 Å². The van der Waals surface area contributed by atoms with E-state index < -0.39 is 17.1 Å². The molecule has 0 aromatic heterocycles. The number of carbonyl (C=O) groups is 3. The number of benzene rings is 3. The lowest BCUT2D eigenvalue weighted by molar-refractivity contribution is -0.127. The summed E-state index contributed by atoms with van der Waals surface area (Å²) in [6, 6.07) is 18.3. The summed E-state index contributed by atoms with van der Waals surface area (Å²) in [6.45, 7) is 8.00. The molecule has 0 unspecified atom stereocenters. The van der Waals surface area contributed by atoms with Gasteiger partial charge in [0.25, 0.3) is 11.1 Å². The predicted octanol–water partition coefficient (Wildman–Crippen LogP) is 7.03. The molecule has 0 aliphatic carbocycles. The molecule has 1 fully saturated rings. The lowest BCUT2D eigenvalue weighted by atomic mass is 10.0. The summed E-state index contributed by atoms with van der Waals surface area (Å²) in [4.78, 5) is 39.4. The Hall–Kier alpha value is -4.01. The second-order valence-electron chi connectivity index (χ2n) is 9.03. The average molecular weight is 577 g/mol. The van der Waals surface area contributed by atoms with Gasteiger partial charge in [-0.15, -0.1) is 6.58 Å². The van der Waals surface area contributed by atoms with Gasteiger partial charge in [0.2, 0.25) is 5.91 Å². The number of halogens is 1. The number of anilines is 1. The molecule has 0 saturated carbocycles. The van der Waals surface area contributed by atoms with Gasteiger partial charge in [-0.25, -0.2) is 0 Å². The molecule has 1 aliphatic rings. The molecule has 1 heterocycles. The minimum Gasteiger partial charge on any atom is -0.490 e. The molecule has 3 aromatic rings. The third-order valence-electron chi connectivity index (χ3n) is 5.92. The number of ether oxygens (including phenoxy) is 2. The highest BCUT2D eigenvalue weighted by molar-refractivity contribution is 8.18. The predicted molar refractivity (Wildman–Crippen MR) is 160 cm³/mol. The van der Waals surface area contributed by atoms with Crippen molar-refractivity contribution in [2.24, 2.45) is 0 Å². The maximum absolute atomic E-state index is 13.1. The smallest absolute Gasteiger partial charge is 0.294 e. The van der Waals surface area contributed by atoms with E-state index in [0.717, 1.165) is 33.4 Å². The standard InChI is InChI=1S/C31H29ClN2O5S/c1-4-6-23-15-22(16-26(38-5-2)29(23)39-19-21-9-11-24(32)12-10-21)17-27-30(36)34(31(37)40-27)18-28(35)33-25-13-7-20(3)8-14-25/h4,7-17H,1,5-6,18-19H2,2-3H3,(H,33,35)/b27-17-. The van der Waals surface area contributed by atoms with Crippen LogP contribution < -0.4 is 14.8 Å². The van der Waals surface area contributed by atoms with Crippen molar-refractivity contribution in [2.75, 3.05) is 18.5 Å². The fourth-order valence-corrected chi connectivity index (χ4v) is 4.97. The van der Waals surface area contributed by atoms with Crippen molar-refractivity contribution in [3.63, 3.8) is 0 Å². The second kappa shape index (κ2) is 13.4. The van der Waals surface area contributed by atoms with Crippen LogP contribution in [0.2, 0.25) is 5.02 Å². The molecule has 206 valence electrons. The lowest BCUT2D eigenvalue weighted by Crippen LogP contribution is -2.36. The number of amides is 3. The maximum atomic E-state index is 13.1. The Balaban J connectivity index is 1.54. The van der Waals surface area contributed by atoms with Crippen LogP contribution in [-0.2, 0) is 22.6 Å². The van der Waals surface area contributed by atoms with Crippen molar-refractivity contribution in [3.8, 4) is 11.5 Å².